The second-order valence-corrected chi connectivity index (χ2v) is 4.76. The molecule has 5 heteroatoms. The summed E-state index contributed by atoms with van der Waals surface area (Å²) in [5, 5.41) is 9.28. The molecule has 1 N–H and O–H groups in total. The van der Waals surface area contributed by atoms with Gasteiger partial charge in [-0.15, -0.1) is 0 Å². The van der Waals surface area contributed by atoms with E-state index in [1.54, 1.807) is 0 Å². The van der Waals surface area contributed by atoms with Crippen LogP contribution in [-0.2, 0) is 13.0 Å². The zero-order chi connectivity index (χ0) is 13.0. The molecule has 1 aromatic heterocycles. The fraction of sp³-hybridized carbons (Fsp3) is 0.231. The van der Waals surface area contributed by atoms with Gasteiger partial charge in [0.05, 0.1) is 12.3 Å². The molecule has 0 saturated carbocycles. The standard InChI is InChI=1S/C13H13FN2OS/c1-2-11-12(14)13(16-8-15-11)18-10-5-3-9(7-17)4-6-10/h3-6,8,17H,2,7H2,1H3. The number of hydrogen-bond donors (Lipinski definition) is 1. The lowest BCUT2D eigenvalue weighted by Crippen LogP contribution is -1.97. The third-order valence-electron chi connectivity index (χ3n) is 2.49. The SMILES string of the molecule is CCc1ncnc(Sc2ccc(CO)cc2)c1F. The maximum Gasteiger partial charge on any atom is 0.177 e. The summed E-state index contributed by atoms with van der Waals surface area (Å²) < 4.78 is 13.9. The second-order valence-electron chi connectivity index (χ2n) is 3.70. The monoisotopic (exact) mass is 264 g/mol. The molecule has 94 valence electrons. The van der Waals surface area contributed by atoms with E-state index in [2.05, 4.69) is 9.97 Å². The summed E-state index contributed by atoms with van der Waals surface area (Å²) in [4.78, 5) is 8.73. The molecule has 0 radical (unpaired) electrons. The summed E-state index contributed by atoms with van der Waals surface area (Å²) in [6, 6.07) is 7.29. The first-order valence-electron chi connectivity index (χ1n) is 5.61. The second kappa shape index (κ2) is 5.93. The van der Waals surface area contributed by atoms with E-state index in [1.807, 2.05) is 31.2 Å². The molecule has 0 aliphatic heterocycles. The number of halogens is 1. The van der Waals surface area contributed by atoms with Crippen LogP contribution in [0.3, 0.4) is 0 Å². The molecule has 0 aliphatic carbocycles. The van der Waals surface area contributed by atoms with Crippen molar-refractivity contribution in [1.29, 1.82) is 0 Å². The van der Waals surface area contributed by atoms with Gasteiger partial charge < -0.3 is 5.11 Å². The summed E-state index contributed by atoms with van der Waals surface area (Å²) >= 11 is 1.26. The highest BCUT2D eigenvalue weighted by Gasteiger charge is 2.10. The number of nitrogens with zero attached hydrogens (tertiary/aromatic N) is 2. The molecule has 0 fully saturated rings. The van der Waals surface area contributed by atoms with Gasteiger partial charge >= 0.3 is 0 Å². The van der Waals surface area contributed by atoms with E-state index in [0.29, 0.717) is 17.1 Å². The molecule has 2 rings (SSSR count). The topological polar surface area (TPSA) is 46.0 Å². The lowest BCUT2D eigenvalue weighted by Gasteiger charge is -2.05. The van der Waals surface area contributed by atoms with E-state index in [0.717, 1.165) is 10.5 Å². The van der Waals surface area contributed by atoms with Gasteiger partial charge in [-0.1, -0.05) is 30.8 Å². The van der Waals surface area contributed by atoms with Crippen LogP contribution in [0.4, 0.5) is 4.39 Å². The van der Waals surface area contributed by atoms with Crippen molar-refractivity contribution in [2.75, 3.05) is 0 Å². The molecule has 1 aromatic carbocycles. The van der Waals surface area contributed by atoms with Gasteiger partial charge in [-0.05, 0) is 24.1 Å². The Kier molecular flexibility index (Phi) is 4.28. The van der Waals surface area contributed by atoms with E-state index in [4.69, 9.17) is 5.11 Å². The number of aliphatic hydroxyl groups is 1. The maximum absolute atomic E-state index is 13.9. The van der Waals surface area contributed by atoms with Crippen LogP contribution in [0.1, 0.15) is 18.2 Å². The Bertz CT molecular complexity index is 531. The van der Waals surface area contributed by atoms with Gasteiger partial charge in [0.1, 0.15) is 11.4 Å². The minimum absolute atomic E-state index is 0.00674. The number of aryl methyl sites for hydroxylation is 1. The van der Waals surface area contributed by atoms with Crippen molar-refractivity contribution in [3.05, 3.63) is 47.7 Å². The van der Waals surface area contributed by atoms with Gasteiger partial charge in [0.2, 0.25) is 0 Å². The Morgan fingerprint density at radius 1 is 1.22 bits per heavy atom. The van der Waals surface area contributed by atoms with E-state index in [9.17, 15) is 4.39 Å². The fourth-order valence-electron chi connectivity index (χ4n) is 1.48. The van der Waals surface area contributed by atoms with Crippen LogP contribution in [-0.4, -0.2) is 15.1 Å². The van der Waals surface area contributed by atoms with Crippen LogP contribution in [0.2, 0.25) is 0 Å². The van der Waals surface area contributed by atoms with E-state index in [-0.39, 0.29) is 12.4 Å². The number of rotatable bonds is 4. The Morgan fingerprint density at radius 3 is 2.56 bits per heavy atom. The molecule has 0 unspecified atom stereocenters. The first-order valence-corrected chi connectivity index (χ1v) is 6.43. The van der Waals surface area contributed by atoms with Crippen molar-refractivity contribution in [3.8, 4) is 0 Å². The fourth-order valence-corrected chi connectivity index (χ4v) is 2.28. The smallest absolute Gasteiger partial charge is 0.177 e. The molecule has 2 aromatic rings. The first kappa shape index (κ1) is 13.0. The highest BCUT2D eigenvalue weighted by Crippen LogP contribution is 2.28. The van der Waals surface area contributed by atoms with Crippen LogP contribution in [0.25, 0.3) is 0 Å². The number of hydrogen-bond acceptors (Lipinski definition) is 4. The van der Waals surface area contributed by atoms with Crippen LogP contribution < -0.4 is 0 Å². The molecular formula is C13H13FN2OS. The number of aliphatic hydroxyl groups excluding tert-OH is 1. The zero-order valence-electron chi connectivity index (χ0n) is 9.93. The normalized spacial score (nSPS) is 10.6. The van der Waals surface area contributed by atoms with Crippen molar-refractivity contribution in [3.63, 3.8) is 0 Å². The van der Waals surface area contributed by atoms with Gasteiger partial charge in [-0.25, -0.2) is 14.4 Å². The van der Waals surface area contributed by atoms with Crippen molar-refractivity contribution < 1.29 is 9.50 Å². The molecule has 1 heterocycles. The minimum atomic E-state index is -0.351. The summed E-state index contributed by atoms with van der Waals surface area (Å²) in [6.45, 7) is 1.86. The van der Waals surface area contributed by atoms with Gasteiger partial charge in [0, 0.05) is 4.90 Å². The largest absolute Gasteiger partial charge is 0.392 e. The van der Waals surface area contributed by atoms with Crippen LogP contribution in [0, 0.1) is 5.82 Å². The van der Waals surface area contributed by atoms with E-state index in [1.165, 1.54) is 18.1 Å². The summed E-state index contributed by atoms with van der Waals surface area (Å²) in [5.41, 5.74) is 1.26. The van der Waals surface area contributed by atoms with Gasteiger partial charge in [-0.3, -0.25) is 0 Å². The average molecular weight is 264 g/mol. The van der Waals surface area contributed by atoms with Crippen molar-refractivity contribution >= 4 is 11.8 Å². The molecule has 18 heavy (non-hydrogen) atoms. The Labute approximate surface area is 109 Å². The number of aromatic nitrogens is 2. The predicted octanol–water partition coefficient (Wildman–Crippen LogP) is 2.82. The minimum Gasteiger partial charge on any atom is -0.392 e. The molecule has 0 spiro atoms. The highest BCUT2D eigenvalue weighted by atomic mass is 32.2. The van der Waals surface area contributed by atoms with E-state index >= 15 is 0 Å². The summed E-state index contributed by atoms with van der Waals surface area (Å²) in [6.07, 6.45) is 1.93. The van der Waals surface area contributed by atoms with Crippen molar-refractivity contribution in [2.45, 2.75) is 29.9 Å². The average Bonchev–Trinajstić information content (AvgIpc) is 2.42. The molecule has 0 saturated heterocycles. The number of benzene rings is 1. The zero-order valence-corrected chi connectivity index (χ0v) is 10.7. The highest BCUT2D eigenvalue weighted by molar-refractivity contribution is 7.99. The van der Waals surface area contributed by atoms with Gasteiger partial charge in [-0.2, -0.15) is 0 Å². The van der Waals surface area contributed by atoms with Gasteiger partial charge in [0.15, 0.2) is 5.82 Å². The van der Waals surface area contributed by atoms with Crippen LogP contribution in [0.15, 0.2) is 40.5 Å². The summed E-state index contributed by atoms with van der Waals surface area (Å²) in [5.74, 6) is -0.351. The van der Waals surface area contributed by atoms with E-state index < -0.39 is 0 Å². The lowest BCUT2D eigenvalue weighted by atomic mass is 10.2. The third kappa shape index (κ3) is 2.86. The van der Waals surface area contributed by atoms with Crippen LogP contribution >= 0.6 is 11.8 Å². The first-order chi connectivity index (χ1) is 8.74. The molecule has 0 aliphatic rings. The Hall–Kier alpha value is -1.46. The lowest BCUT2D eigenvalue weighted by molar-refractivity contribution is 0.282. The predicted molar refractivity (Wildman–Crippen MR) is 67.9 cm³/mol. The maximum atomic E-state index is 13.9. The third-order valence-corrected chi connectivity index (χ3v) is 3.47. The van der Waals surface area contributed by atoms with Crippen molar-refractivity contribution in [1.82, 2.24) is 9.97 Å². The van der Waals surface area contributed by atoms with Crippen LogP contribution in [0.5, 0.6) is 0 Å². The molecule has 0 atom stereocenters. The molecule has 0 amide bonds. The Balaban J connectivity index is 2.22. The Morgan fingerprint density at radius 2 is 1.94 bits per heavy atom. The molecular weight excluding hydrogens is 251 g/mol. The van der Waals surface area contributed by atoms with Gasteiger partial charge in [0.25, 0.3) is 0 Å². The molecule has 0 bridgehead atoms. The van der Waals surface area contributed by atoms with Crippen molar-refractivity contribution in [2.24, 2.45) is 0 Å². The molecule has 3 nitrogen and oxygen atoms in total. The summed E-state index contributed by atoms with van der Waals surface area (Å²) in [7, 11) is 0. The quantitative estimate of drug-likeness (QED) is 0.863.